The van der Waals surface area contributed by atoms with Gasteiger partial charge in [-0.05, 0) is 26.0 Å². The van der Waals surface area contributed by atoms with E-state index >= 15 is 0 Å². The highest BCUT2D eigenvalue weighted by molar-refractivity contribution is 5.95. The van der Waals surface area contributed by atoms with Crippen LogP contribution in [0.2, 0.25) is 0 Å². The summed E-state index contributed by atoms with van der Waals surface area (Å²) in [6.45, 7) is 3.46. The normalized spacial score (nSPS) is 11.8. The number of nitro benzene ring substituents is 1. The Balaban J connectivity index is 3.08. The molecule has 114 valence electrons. The smallest absolute Gasteiger partial charge is 0.305 e. The molecule has 0 fully saturated rings. The van der Waals surface area contributed by atoms with Crippen LogP contribution in [-0.2, 0) is 4.79 Å². The van der Waals surface area contributed by atoms with Gasteiger partial charge in [-0.2, -0.15) is 4.39 Å². The van der Waals surface area contributed by atoms with E-state index in [1.54, 1.807) is 13.8 Å². The molecular weight excluding hydrogens is 283 g/mol. The van der Waals surface area contributed by atoms with Gasteiger partial charge in [0.2, 0.25) is 5.82 Å². The minimum atomic E-state index is -1.06. The van der Waals surface area contributed by atoms with Gasteiger partial charge in [0.15, 0.2) is 0 Å². The maximum atomic E-state index is 13.3. The second-order valence-electron chi connectivity index (χ2n) is 4.46. The number of carbonyl (C=O) groups excluding carboxylic acids is 1. The van der Waals surface area contributed by atoms with Crippen molar-refractivity contribution < 1.29 is 24.0 Å². The first-order valence-corrected chi connectivity index (χ1v) is 6.24. The van der Waals surface area contributed by atoms with Gasteiger partial charge in [-0.3, -0.25) is 19.7 Å². The lowest BCUT2D eigenvalue weighted by molar-refractivity contribution is -0.387. The summed E-state index contributed by atoms with van der Waals surface area (Å²) >= 11 is 0. The van der Waals surface area contributed by atoms with Gasteiger partial charge in [0, 0.05) is 24.2 Å². The van der Waals surface area contributed by atoms with Crippen LogP contribution in [0.4, 0.5) is 10.1 Å². The molecule has 0 heterocycles. The number of nitrogens with zero attached hydrogens (tertiary/aromatic N) is 2. The molecular formula is C13H15FN2O5. The van der Waals surface area contributed by atoms with E-state index in [0.717, 1.165) is 18.2 Å². The molecule has 1 unspecified atom stereocenters. The Kier molecular flexibility index (Phi) is 5.34. The monoisotopic (exact) mass is 298 g/mol. The van der Waals surface area contributed by atoms with Crippen LogP contribution in [0.3, 0.4) is 0 Å². The molecule has 1 N–H and O–H groups in total. The summed E-state index contributed by atoms with van der Waals surface area (Å²) in [5.74, 6) is -2.66. The average molecular weight is 298 g/mol. The molecule has 1 aromatic carbocycles. The number of hydrogen-bond acceptors (Lipinski definition) is 4. The molecule has 1 atom stereocenters. The summed E-state index contributed by atoms with van der Waals surface area (Å²) in [5.41, 5.74) is -0.843. The molecule has 0 bridgehead atoms. The van der Waals surface area contributed by atoms with Crippen LogP contribution in [-0.4, -0.2) is 39.4 Å². The number of carboxylic acids is 1. The van der Waals surface area contributed by atoms with Crippen molar-refractivity contribution in [1.29, 1.82) is 0 Å². The SMILES string of the molecule is CCN(C(=O)c1ccc(F)c([N+](=O)[O-])c1)C(C)CC(=O)O. The van der Waals surface area contributed by atoms with Gasteiger partial charge in [0.1, 0.15) is 0 Å². The molecule has 0 saturated carbocycles. The molecule has 0 saturated heterocycles. The maximum absolute atomic E-state index is 13.3. The second-order valence-corrected chi connectivity index (χ2v) is 4.46. The Hall–Kier alpha value is -2.51. The van der Waals surface area contributed by atoms with Crippen molar-refractivity contribution >= 4 is 17.6 Å². The predicted molar refractivity (Wildman–Crippen MR) is 71.5 cm³/mol. The van der Waals surface area contributed by atoms with Crippen molar-refractivity contribution in [3.05, 3.63) is 39.7 Å². The van der Waals surface area contributed by atoms with Gasteiger partial charge in [0.05, 0.1) is 11.3 Å². The minimum absolute atomic E-state index is 0.0535. The van der Waals surface area contributed by atoms with E-state index in [2.05, 4.69) is 0 Å². The number of halogens is 1. The molecule has 1 aromatic rings. The highest BCUT2D eigenvalue weighted by Crippen LogP contribution is 2.20. The van der Waals surface area contributed by atoms with Crippen LogP contribution >= 0.6 is 0 Å². The molecule has 8 heteroatoms. The summed E-state index contributed by atoms with van der Waals surface area (Å²) in [5, 5.41) is 19.4. The number of aliphatic carboxylic acids is 1. The highest BCUT2D eigenvalue weighted by atomic mass is 19.1. The number of carbonyl (C=O) groups is 2. The quantitative estimate of drug-likeness (QED) is 0.640. The number of nitro groups is 1. The highest BCUT2D eigenvalue weighted by Gasteiger charge is 2.24. The van der Waals surface area contributed by atoms with E-state index in [-0.39, 0.29) is 18.5 Å². The van der Waals surface area contributed by atoms with E-state index < -0.39 is 34.3 Å². The third kappa shape index (κ3) is 3.98. The van der Waals surface area contributed by atoms with Crippen LogP contribution in [0.5, 0.6) is 0 Å². The summed E-state index contributed by atoms with van der Waals surface area (Å²) in [4.78, 5) is 34.0. The lowest BCUT2D eigenvalue weighted by Crippen LogP contribution is -2.39. The molecule has 0 aliphatic heterocycles. The zero-order chi connectivity index (χ0) is 16.2. The van der Waals surface area contributed by atoms with E-state index in [0.29, 0.717) is 0 Å². The Morgan fingerprint density at radius 1 is 1.48 bits per heavy atom. The van der Waals surface area contributed by atoms with Crippen molar-refractivity contribution in [3.8, 4) is 0 Å². The van der Waals surface area contributed by atoms with Crippen molar-refractivity contribution in [3.63, 3.8) is 0 Å². The first kappa shape index (κ1) is 16.5. The average Bonchev–Trinajstić information content (AvgIpc) is 2.38. The lowest BCUT2D eigenvalue weighted by atomic mass is 10.1. The fourth-order valence-corrected chi connectivity index (χ4v) is 1.97. The summed E-state index contributed by atoms with van der Waals surface area (Å²) in [7, 11) is 0. The molecule has 7 nitrogen and oxygen atoms in total. The van der Waals surface area contributed by atoms with E-state index in [4.69, 9.17) is 5.11 Å². The molecule has 0 aromatic heterocycles. The number of rotatable bonds is 6. The lowest BCUT2D eigenvalue weighted by Gasteiger charge is -2.27. The molecule has 0 spiro atoms. The third-order valence-corrected chi connectivity index (χ3v) is 2.99. The second kappa shape index (κ2) is 6.78. The van der Waals surface area contributed by atoms with Crippen LogP contribution in [0.25, 0.3) is 0 Å². The number of carboxylic acid groups (broad SMARTS) is 1. The molecule has 1 rings (SSSR count). The molecule has 0 aliphatic carbocycles. The van der Waals surface area contributed by atoms with Gasteiger partial charge in [0.25, 0.3) is 5.91 Å². The van der Waals surface area contributed by atoms with Crippen LogP contribution < -0.4 is 0 Å². The summed E-state index contributed by atoms with van der Waals surface area (Å²) < 4.78 is 13.3. The molecule has 21 heavy (non-hydrogen) atoms. The number of amides is 1. The molecule has 1 amide bonds. The Morgan fingerprint density at radius 2 is 2.10 bits per heavy atom. The van der Waals surface area contributed by atoms with Gasteiger partial charge in [-0.25, -0.2) is 0 Å². The standard InChI is InChI=1S/C13H15FN2O5/c1-3-15(8(2)6-12(17)18)13(19)9-4-5-10(14)11(7-9)16(20)21/h4-5,7-8H,3,6H2,1-2H3,(H,17,18). The first-order chi connectivity index (χ1) is 9.77. The van der Waals surface area contributed by atoms with Crippen molar-refractivity contribution in [2.24, 2.45) is 0 Å². The van der Waals surface area contributed by atoms with Crippen LogP contribution in [0.15, 0.2) is 18.2 Å². The fraction of sp³-hybridized carbons (Fsp3) is 0.385. The predicted octanol–water partition coefficient (Wildman–Crippen LogP) is 2.06. The zero-order valence-corrected chi connectivity index (χ0v) is 11.6. The minimum Gasteiger partial charge on any atom is -0.481 e. The van der Waals surface area contributed by atoms with Crippen molar-refractivity contribution in [2.75, 3.05) is 6.54 Å². The Bertz CT molecular complexity index is 576. The van der Waals surface area contributed by atoms with E-state index in [1.807, 2.05) is 0 Å². The summed E-state index contributed by atoms with van der Waals surface area (Å²) in [6.07, 6.45) is -0.247. The van der Waals surface area contributed by atoms with Crippen molar-refractivity contribution in [1.82, 2.24) is 4.90 Å². The fourth-order valence-electron chi connectivity index (χ4n) is 1.97. The number of hydrogen-bond donors (Lipinski definition) is 1. The Morgan fingerprint density at radius 3 is 2.57 bits per heavy atom. The third-order valence-electron chi connectivity index (χ3n) is 2.99. The van der Waals surface area contributed by atoms with Gasteiger partial charge in [-0.1, -0.05) is 0 Å². The van der Waals surface area contributed by atoms with E-state index in [1.165, 1.54) is 4.90 Å². The molecule has 0 aliphatic rings. The van der Waals surface area contributed by atoms with Crippen LogP contribution in [0.1, 0.15) is 30.6 Å². The molecule has 0 radical (unpaired) electrons. The maximum Gasteiger partial charge on any atom is 0.305 e. The summed E-state index contributed by atoms with van der Waals surface area (Å²) in [6, 6.07) is 2.26. The number of benzene rings is 1. The Labute approximate surface area is 120 Å². The zero-order valence-electron chi connectivity index (χ0n) is 11.6. The van der Waals surface area contributed by atoms with Crippen LogP contribution in [0, 0.1) is 15.9 Å². The topological polar surface area (TPSA) is 101 Å². The first-order valence-electron chi connectivity index (χ1n) is 6.24. The van der Waals surface area contributed by atoms with Gasteiger partial charge < -0.3 is 10.0 Å². The van der Waals surface area contributed by atoms with Crippen molar-refractivity contribution in [2.45, 2.75) is 26.3 Å². The van der Waals surface area contributed by atoms with Gasteiger partial charge in [-0.15, -0.1) is 0 Å². The van der Waals surface area contributed by atoms with Gasteiger partial charge >= 0.3 is 11.7 Å². The largest absolute Gasteiger partial charge is 0.481 e. The van der Waals surface area contributed by atoms with E-state index in [9.17, 15) is 24.1 Å².